The molecule has 190 valence electrons. The van der Waals surface area contributed by atoms with Crippen molar-refractivity contribution in [2.24, 2.45) is 7.05 Å². The molecule has 1 amide bonds. The third-order valence-corrected chi connectivity index (χ3v) is 10.3. The number of carbonyl (C=O) groups is 1. The van der Waals surface area contributed by atoms with Gasteiger partial charge < -0.3 is 9.16 Å². The predicted octanol–water partition coefficient (Wildman–Crippen LogP) is 4.98. The minimum absolute atomic E-state index is 0.0564. The number of benzene rings is 1. The Morgan fingerprint density at radius 1 is 1.14 bits per heavy atom. The fourth-order valence-electron chi connectivity index (χ4n) is 2.70. The SMILES string of the molecule is Cn1c(=O)c(NC(=O)OC(C)(C)C)c(Cl)n(CC#Cc2cccc(O[Si](C)(C)C(C)(C)C)c2)c1=O. The number of halogens is 1. The first-order chi connectivity index (χ1) is 15.9. The molecule has 8 nitrogen and oxygen atoms in total. The molecule has 0 radical (unpaired) electrons. The Kier molecular flexibility index (Phi) is 8.35. The van der Waals surface area contributed by atoms with E-state index >= 15 is 0 Å². The van der Waals surface area contributed by atoms with Crippen LogP contribution in [-0.2, 0) is 18.3 Å². The van der Waals surface area contributed by atoms with Crippen molar-refractivity contribution in [1.29, 1.82) is 0 Å². The maximum atomic E-state index is 12.6. The normalized spacial score (nSPS) is 11.9. The largest absolute Gasteiger partial charge is 0.543 e. The van der Waals surface area contributed by atoms with Gasteiger partial charge >= 0.3 is 11.8 Å². The van der Waals surface area contributed by atoms with Crippen LogP contribution in [0.4, 0.5) is 10.5 Å². The number of amides is 1. The fourth-order valence-corrected chi connectivity index (χ4v) is 3.98. The fraction of sp³-hybridized carbons (Fsp3) is 0.480. The Bertz CT molecular complexity index is 1290. The topological polar surface area (TPSA) is 91.6 Å². The molecule has 0 aliphatic carbocycles. The van der Waals surface area contributed by atoms with Crippen LogP contribution in [-0.4, -0.2) is 29.1 Å². The lowest BCUT2D eigenvalue weighted by Gasteiger charge is -2.36. The van der Waals surface area contributed by atoms with E-state index in [4.69, 9.17) is 20.8 Å². The summed E-state index contributed by atoms with van der Waals surface area (Å²) in [6.45, 7) is 15.8. The predicted molar refractivity (Wildman–Crippen MR) is 142 cm³/mol. The van der Waals surface area contributed by atoms with Crippen LogP contribution < -0.4 is 21.0 Å². The summed E-state index contributed by atoms with van der Waals surface area (Å²) in [6.07, 6.45) is -0.855. The summed E-state index contributed by atoms with van der Waals surface area (Å²) in [5.41, 5.74) is -1.72. The molecule has 0 aliphatic rings. The van der Waals surface area contributed by atoms with Gasteiger partial charge in [0.1, 0.15) is 22.2 Å². The molecule has 0 saturated heterocycles. The zero-order chi connectivity index (χ0) is 26.8. The Morgan fingerprint density at radius 3 is 2.34 bits per heavy atom. The molecule has 0 spiro atoms. The molecule has 10 heteroatoms. The van der Waals surface area contributed by atoms with Crippen LogP contribution in [0.1, 0.15) is 47.1 Å². The number of anilines is 1. The van der Waals surface area contributed by atoms with Crippen LogP contribution >= 0.6 is 11.6 Å². The maximum absolute atomic E-state index is 12.6. The van der Waals surface area contributed by atoms with Gasteiger partial charge in [-0.25, -0.2) is 9.59 Å². The molecule has 1 heterocycles. The van der Waals surface area contributed by atoms with Gasteiger partial charge in [0.05, 0.1) is 6.54 Å². The molecule has 0 aliphatic heterocycles. The number of carbonyl (C=O) groups excluding carboxylic acids is 1. The summed E-state index contributed by atoms with van der Waals surface area (Å²) < 4.78 is 13.5. The number of hydrogen-bond donors (Lipinski definition) is 1. The number of nitrogens with zero attached hydrogens (tertiary/aromatic N) is 2. The standard InChI is InChI=1S/C25H34ClN3O5Si/c1-24(2,3)33-22(31)27-19-20(26)29(23(32)28(7)21(19)30)15-11-13-17-12-10-14-18(16-17)34-35(8,9)25(4,5)6/h10,12,14,16H,15H2,1-9H3,(H,27,31). The quantitative estimate of drug-likeness (QED) is 0.349. The highest BCUT2D eigenvalue weighted by Gasteiger charge is 2.38. The van der Waals surface area contributed by atoms with Crippen molar-refractivity contribution >= 4 is 31.7 Å². The molecule has 0 fully saturated rings. The van der Waals surface area contributed by atoms with Crippen LogP contribution in [0.3, 0.4) is 0 Å². The molecular formula is C25H34ClN3O5Si. The Balaban J connectivity index is 2.33. The van der Waals surface area contributed by atoms with E-state index in [0.29, 0.717) is 5.56 Å². The Morgan fingerprint density at radius 2 is 1.77 bits per heavy atom. The van der Waals surface area contributed by atoms with Crippen molar-refractivity contribution in [3.05, 3.63) is 55.8 Å². The van der Waals surface area contributed by atoms with Crippen LogP contribution in [0.15, 0.2) is 33.9 Å². The van der Waals surface area contributed by atoms with E-state index in [9.17, 15) is 14.4 Å². The van der Waals surface area contributed by atoms with Gasteiger partial charge in [-0.3, -0.25) is 19.2 Å². The Hall–Kier alpha value is -2.96. The van der Waals surface area contributed by atoms with Gasteiger partial charge in [-0.05, 0) is 57.1 Å². The summed E-state index contributed by atoms with van der Waals surface area (Å²) >= 11 is 6.33. The van der Waals surface area contributed by atoms with E-state index in [2.05, 4.69) is 51.0 Å². The van der Waals surface area contributed by atoms with Crippen LogP contribution in [0.2, 0.25) is 23.3 Å². The van der Waals surface area contributed by atoms with Crippen LogP contribution in [0, 0.1) is 11.8 Å². The first kappa shape index (κ1) is 28.3. The van der Waals surface area contributed by atoms with Crippen molar-refractivity contribution in [3.8, 4) is 17.6 Å². The van der Waals surface area contributed by atoms with E-state index in [1.165, 1.54) is 7.05 Å². The summed E-state index contributed by atoms with van der Waals surface area (Å²) in [5.74, 6) is 6.66. The van der Waals surface area contributed by atoms with Gasteiger partial charge in [0.15, 0.2) is 0 Å². The molecule has 2 rings (SSSR count). The third-order valence-electron chi connectivity index (χ3n) is 5.59. The molecule has 0 saturated carbocycles. The first-order valence-corrected chi connectivity index (χ1v) is 14.5. The van der Waals surface area contributed by atoms with E-state index < -0.39 is 31.3 Å². The first-order valence-electron chi connectivity index (χ1n) is 11.2. The zero-order valence-electron chi connectivity index (χ0n) is 21.8. The summed E-state index contributed by atoms with van der Waals surface area (Å²) in [6, 6.07) is 7.45. The van der Waals surface area contributed by atoms with Crippen LogP contribution in [0.5, 0.6) is 5.75 Å². The van der Waals surface area contributed by atoms with Gasteiger partial charge in [0, 0.05) is 12.6 Å². The lowest BCUT2D eigenvalue weighted by atomic mass is 10.2. The number of nitrogens with one attached hydrogen (secondary N) is 1. The highest BCUT2D eigenvalue weighted by atomic mass is 35.5. The van der Waals surface area contributed by atoms with Crippen molar-refractivity contribution in [2.75, 3.05) is 5.32 Å². The molecule has 2 aromatic rings. The number of ether oxygens (including phenoxy) is 1. The highest BCUT2D eigenvalue weighted by molar-refractivity contribution is 6.74. The van der Waals surface area contributed by atoms with E-state index in [1.807, 2.05) is 24.3 Å². The van der Waals surface area contributed by atoms with Gasteiger partial charge in [0.25, 0.3) is 5.56 Å². The van der Waals surface area contributed by atoms with Gasteiger partial charge in [0.2, 0.25) is 8.32 Å². The summed E-state index contributed by atoms with van der Waals surface area (Å²) in [5, 5.41) is 2.17. The van der Waals surface area contributed by atoms with Crippen molar-refractivity contribution in [3.63, 3.8) is 0 Å². The number of aromatic nitrogens is 2. The molecule has 1 aromatic carbocycles. The molecule has 0 bridgehead atoms. The molecule has 1 N–H and O–H groups in total. The molecule has 1 aromatic heterocycles. The van der Waals surface area contributed by atoms with E-state index in [0.717, 1.165) is 14.9 Å². The number of rotatable bonds is 4. The Labute approximate surface area is 212 Å². The lowest BCUT2D eigenvalue weighted by Crippen LogP contribution is -2.43. The molecule has 0 unspecified atom stereocenters. The number of hydrogen-bond acceptors (Lipinski definition) is 5. The second-order valence-electron chi connectivity index (χ2n) is 10.7. The minimum atomic E-state index is -2.00. The van der Waals surface area contributed by atoms with Crippen LogP contribution in [0.25, 0.3) is 0 Å². The highest BCUT2D eigenvalue weighted by Crippen LogP contribution is 2.37. The summed E-state index contributed by atoms with van der Waals surface area (Å²) in [4.78, 5) is 37.3. The molecule has 0 atom stereocenters. The third kappa shape index (κ3) is 7.26. The van der Waals surface area contributed by atoms with Crippen molar-refractivity contribution < 1.29 is 14.0 Å². The van der Waals surface area contributed by atoms with Gasteiger partial charge in [-0.1, -0.05) is 50.3 Å². The monoisotopic (exact) mass is 519 g/mol. The molecule has 35 heavy (non-hydrogen) atoms. The lowest BCUT2D eigenvalue weighted by molar-refractivity contribution is 0.0635. The smallest absolute Gasteiger partial charge is 0.412 e. The minimum Gasteiger partial charge on any atom is -0.543 e. The summed E-state index contributed by atoms with van der Waals surface area (Å²) in [7, 11) is -0.704. The van der Waals surface area contributed by atoms with Crippen molar-refractivity contribution in [2.45, 2.75) is 71.8 Å². The van der Waals surface area contributed by atoms with Gasteiger partial charge in [-0.2, -0.15) is 0 Å². The van der Waals surface area contributed by atoms with E-state index in [-0.39, 0.29) is 22.4 Å². The van der Waals surface area contributed by atoms with Crippen molar-refractivity contribution in [1.82, 2.24) is 9.13 Å². The maximum Gasteiger partial charge on any atom is 0.412 e. The van der Waals surface area contributed by atoms with Gasteiger partial charge in [-0.15, -0.1) is 0 Å². The average Bonchev–Trinajstić information content (AvgIpc) is 2.70. The average molecular weight is 520 g/mol. The second kappa shape index (κ2) is 10.3. The van der Waals surface area contributed by atoms with E-state index in [1.54, 1.807) is 20.8 Å². The molecular weight excluding hydrogens is 486 g/mol. The zero-order valence-corrected chi connectivity index (χ0v) is 23.6. The second-order valence-corrected chi connectivity index (χ2v) is 15.8.